The van der Waals surface area contributed by atoms with Crippen molar-refractivity contribution in [3.63, 3.8) is 0 Å². The van der Waals surface area contributed by atoms with E-state index in [4.69, 9.17) is 0 Å². The lowest BCUT2D eigenvalue weighted by molar-refractivity contribution is -0.129. The molecule has 2 rings (SSSR count). The molecule has 1 atom stereocenters. The normalized spacial score (nSPS) is 16.4. The first kappa shape index (κ1) is 23.2. The van der Waals surface area contributed by atoms with Gasteiger partial charge in [-0.1, -0.05) is 37.3 Å². The monoisotopic (exact) mass is 487 g/mol. The molecule has 1 fully saturated rings. The smallest absolute Gasteiger partial charge is 0.222 e. The van der Waals surface area contributed by atoms with E-state index in [1.54, 1.807) is 7.05 Å². The van der Waals surface area contributed by atoms with Crippen LogP contribution in [-0.4, -0.2) is 55.4 Å². The highest BCUT2D eigenvalue weighted by Gasteiger charge is 2.25. The number of nitrogens with one attached hydrogen (secondary N) is 3. The standard InChI is InChI=1S/C19H29N5O2.HI/c1-3-18(26)24-12-10-16(14-24)23-19(20-2)21-11-9-17(25)22-13-15-7-5-4-6-8-15;/h4-8,16H,3,9-14H2,1-2H3,(H,22,25)(H2,20,21,23);1H. The third-order valence-electron chi connectivity index (χ3n) is 4.38. The lowest BCUT2D eigenvalue weighted by Crippen LogP contribution is -2.45. The fourth-order valence-electron chi connectivity index (χ4n) is 2.90. The highest BCUT2D eigenvalue weighted by molar-refractivity contribution is 14.0. The molecule has 7 nitrogen and oxygen atoms in total. The van der Waals surface area contributed by atoms with Crippen molar-refractivity contribution in [3.05, 3.63) is 35.9 Å². The summed E-state index contributed by atoms with van der Waals surface area (Å²) >= 11 is 0. The third-order valence-corrected chi connectivity index (χ3v) is 4.38. The van der Waals surface area contributed by atoms with Gasteiger partial charge in [0.2, 0.25) is 11.8 Å². The average molecular weight is 487 g/mol. The molecule has 2 amide bonds. The van der Waals surface area contributed by atoms with Gasteiger partial charge in [0.05, 0.1) is 0 Å². The Kier molecular flexibility index (Phi) is 10.8. The Morgan fingerprint density at radius 1 is 1.22 bits per heavy atom. The summed E-state index contributed by atoms with van der Waals surface area (Å²) in [6.07, 6.45) is 1.82. The quantitative estimate of drug-likeness (QED) is 0.309. The van der Waals surface area contributed by atoms with E-state index in [0.29, 0.717) is 38.4 Å². The molecule has 0 radical (unpaired) electrons. The largest absolute Gasteiger partial charge is 0.356 e. The number of nitrogens with zero attached hydrogens (tertiary/aromatic N) is 2. The van der Waals surface area contributed by atoms with Crippen LogP contribution in [0, 0.1) is 0 Å². The summed E-state index contributed by atoms with van der Waals surface area (Å²) < 4.78 is 0. The fraction of sp³-hybridized carbons (Fsp3) is 0.526. The maximum atomic E-state index is 11.9. The van der Waals surface area contributed by atoms with Crippen molar-refractivity contribution >= 4 is 41.8 Å². The average Bonchev–Trinajstić information content (AvgIpc) is 3.14. The first-order valence-electron chi connectivity index (χ1n) is 9.18. The van der Waals surface area contributed by atoms with Crippen LogP contribution in [0.2, 0.25) is 0 Å². The molecule has 27 heavy (non-hydrogen) atoms. The Hall–Kier alpha value is -1.84. The second kappa shape index (κ2) is 12.5. The molecule has 150 valence electrons. The number of hydrogen-bond donors (Lipinski definition) is 3. The van der Waals surface area contributed by atoms with Crippen molar-refractivity contribution in [2.24, 2.45) is 4.99 Å². The number of halogens is 1. The minimum absolute atomic E-state index is 0. The number of carbonyl (C=O) groups is 2. The predicted octanol–water partition coefficient (Wildman–Crippen LogP) is 1.49. The van der Waals surface area contributed by atoms with E-state index in [-0.39, 0.29) is 41.8 Å². The van der Waals surface area contributed by atoms with Crippen molar-refractivity contribution in [2.45, 2.75) is 38.8 Å². The molecule has 1 aromatic rings. The molecule has 1 aliphatic rings. The van der Waals surface area contributed by atoms with E-state index in [1.165, 1.54) is 0 Å². The Bertz CT molecular complexity index is 624. The van der Waals surface area contributed by atoms with E-state index in [0.717, 1.165) is 18.5 Å². The van der Waals surface area contributed by atoms with Crippen LogP contribution in [0.1, 0.15) is 31.7 Å². The van der Waals surface area contributed by atoms with Gasteiger partial charge < -0.3 is 20.9 Å². The second-order valence-electron chi connectivity index (χ2n) is 6.33. The van der Waals surface area contributed by atoms with E-state index >= 15 is 0 Å². The van der Waals surface area contributed by atoms with Gasteiger partial charge >= 0.3 is 0 Å². The van der Waals surface area contributed by atoms with Gasteiger partial charge in [-0.2, -0.15) is 0 Å². The fourth-order valence-corrected chi connectivity index (χ4v) is 2.90. The molecule has 0 saturated carbocycles. The van der Waals surface area contributed by atoms with E-state index in [1.807, 2.05) is 42.2 Å². The number of amides is 2. The molecule has 1 aromatic carbocycles. The summed E-state index contributed by atoms with van der Waals surface area (Å²) in [5.41, 5.74) is 1.08. The van der Waals surface area contributed by atoms with Crippen LogP contribution in [0.4, 0.5) is 0 Å². The van der Waals surface area contributed by atoms with Crippen LogP contribution >= 0.6 is 24.0 Å². The molecule has 0 aliphatic carbocycles. The molecule has 1 saturated heterocycles. The van der Waals surface area contributed by atoms with Crippen molar-refractivity contribution in [1.29, 1.82) is 0 Å². The molecule has 0 aromatic heterocycles. The van der Waals surface area contributed by atoms with Gasteiger partial charge in [0, 0.05) is 52.1 Å². The minimum atomic E-state index is -0.00242. The molecular formula is C19H30IN5O2. The number of likely N-dealkylation sites (tertiary alicyclic amines) is 1. The maximum Gasteiger partial charge on any atom is 0.222 e. The van der Waals surface area contributed by atoms with Crippen molar-refractivity contribution in [3.8, 4) is 0 Å². The molecule has 8 heteroatoms. The SMILES string of the molecule is CCC(=O)N1CCC(NC(=NC)NCCC(=O)NCc2ccccc2)C1.I. The van der Waals surface area contributed by atoms with Gasteiger partial charge in [0.25, 0.3) is 0 Å². The molecule has 0 bridgehead atoms. The summed E-state index contributed by atoms with van der Waals surface area (Å²) in [4.78, 5) is 29.7. The topological polar surface area (TPSA) is 85.8 Å². The number of aliphatic imine (C=N–C) groups is 1. The van der Waals surface area contributed by atoms with Crippen LogP contribution in [0.3, 0.4) is 0 Å². The van der Waals surface area contributed by atoms with Gasteiger partial charge in [-0.25, -0.2) is 0 Å². The van der Waals surface area contributed by atoms with Crippen LogP contribution in [-0.2, 0) is 16.1 Å². The summed E-state index contributed by atoms with van der Waals surface area (Å²) in [7, 11) is 1.70. The Morgan fingerprint density at radius 2 is 1.96 bits per heavy atom. The lowest BCUT2D eigenvalue weighted by Gasteiger charge is -2.18. The summed E-state index contributed by atoms with van der Waals surface area (Å²) in [5, 5.41) is 9.38. The summed E-state index contributed by atoms with van der Waals surface area (Å²) in [6, 6.07) is 10.0. The molecule has 1 heterocycles. The number of hydrogen-bond acceptors (Lipinski definition) is 3. The zero-order valence-corrected chi connectivity index (χ0v) is 18.4. The predicted molar refractivity (Wildman–Crippen MR) is 118 cm³/mol. The lowest BCUT2D eigenvalue weighted by atomic mass is 10.2. The van der Waals surface area contributed by atoms with E-state index in [9.17, 15) is 9.59 Å². The van der Waals surface area contributed by atoms with Crippen LogP contribution in [0.25, 0.3) is 0 Å². The molecule has 1 aliphatic heterocycles. The van der Waals surface area contributed by atoms with Crippen molar-refractivity contribution in [2.75, 3.05) is 26.7 Å². The van der Waals surface area contributed by atoms with E-state index in [2.05, 4.69) is 20.9 Å². The Balaban J connectivity index is 0.00000364. The number of benzene rings is 1. The zero-order chi connectivity index (χ0) is 18.8. The molecule has 0 spiro atoms. The van der Waals surface area contributed by atoms with Gasteiger partial charge in [0.15, 0.2) is 5.96 Å². The zero-order valence-electron chi connectivity index (χ0n) is 16.0. The van der Waals surface area contributed by atoms with Crippen molar-refractivity contribution < 1.29 is 9.59 Å². The summed E-state index contributed by atoms with van der Waals surface area (Å²) in [5.74, 6) is 0.849. The van der Waals surface area contributed by atoms with E-state index < -0.39 is 0 Å². The second-order valence-corrected chi connectivity index (χ2v) is 6.33. The number of rotatable bonds is 7. The van der Waals surface area contributed by atoms with Crippen LogP contribution in [0.15, 0.2) is 35.3 Å². The van der Waals surface area contributed by atoms with Crippen LogP contribution < -0.4 is 16.0 Å². The first-order chi connectivity index (χ1) is 12.6. The van der Waals surface area contributed by atoms with Gasteiger partial charge in [-0.3, -0.25) is 14.6 Å². The Labute approximate surface area is 178 Å². The number of carbonyl (C=O) groups excluding carboxylic acids is 2. The molecule has 3 N–H and O–H groups in total. The minimum Gasteiger partial charge on any atom is -0.356 e. The molecular weight excluding hydrogens is 457 g/mol. The third kappa shape index (κ3) is 8.15. The van der Waals surface area contributed by atoms with Gasteiger partial charge in [0.1, 0.15) is 0 Å². The van der Waals surface area contributed by atoms with Crippen LogP contribution in [0.5, 0.6) is 0 Å². The Morgan fingerprint density at radius 3 is 2.63 bits per heavy atom. The highest BCUT2D eigenvalue weighted by Crippen LogP contribution is 2.10. The summed E-state index contributed by atoms with van der Waals surface area (Å²) in [6.45, 7) is 4.40. The first-order valence-corrected chi connectivity index (χ1v) is 9.18. The molecule has 1 unspecified atom stereocenters. The van der Waals surface area contributed by atoms with Gasteiger partial charge in [-0.15, -0.1) is 24.0 Å². The van der Waals surface area contributed by atoms with Gasteiger partial charge in [-0.05, 0) is 12.0 Å². The van der Waals surface area contributed by atoms with Crippen molar-refractivity contribution in [1.82, 2.24) is 20.9 Å². The highest BCUT2D eigenvalue weighted by atomic mass is 127. The number of guanidine groups is 1. The maximum absolute atomic E-state index is 11.9.